The molecule has 1 rings (SSSR count). The Morgan fingerprint density at radius 2 is 1.95 bits per heavy atom. The molecule has 1 N–H and O–H groups in total. The van der Waals surface area contributed by atoms with Crippen LogP contribution in [0.3, 0.4) is 0 Å². The van der Waals surface area contributed by atoms with Crippen molar-refractivity contribution in [2.24, 2.45) is 0 Å². The molecule has 2 unspecified atom stereocenters. The van der Waals surface area contributed by atoms with Crippen molar-refractivity contribution in [3.05, 3.63) is 29.8 Å². The van der Waals surface area contributed by atoms with E-state index < -0.39 is 5.54 Å². The number of ether oxygens (including phenoxy) is 1. The molecule has 0 heterocycles. The van der Waals surface area contributed by atoms with Gasteiger partial charge in [-0.25, -0.2) is 0 Å². The number of hydrogen-bond donors (Lipinski definition) is 1. The number of benzene rings is 1. The van der Waals surface area contributed by atoms with Gasteiger partial charge in [0.25, 0.3) is 0 Å². The summed E-state index contributed by atoms with van der Waals surface area (Å²) in [6, 6.07) is 10.5. The Labute approximate surface area is 123 Å². The molecular weight excluding hydrogens is 248 g/mol. The maximum Gasteiger partial charge on any atom is 0.119 e. The molecule has 0 fully saturated rings. The first-order valence-corrected chi connectivity index (χ1v) is 7.45. The lowest BCUT2D eigenvalue weighted by molar-refractivity contribution is 0.180. The van der Waals surface area contributed by atoms with Crippen molar-refractivity contribution in [2.45, 2.75) is 58.6 Å². The van der Waals surface area contributed by atoms with Gasteiger partial charge in [-0.15, -0.1) is 0 Å². The Balaban J connectivity index is 2.56. The predicted molar refractivity (Wildman–Crippen MR) is 82.8 cm³/mol. The summed E-state index contributed by atoms with van der Waals surface area (Å²) in [7, 11) is 0. The van der Waals surface area contributed by atoms with E-state index in [0.717, 1.165) is 25.1 Å². The first-order chi connectivity index (χ1) is 9.53. The molecule has 2 atom stereocenters. The summed E-state index contributed by atoms with van der Waals surface area (Å²) in [5.74, 6) is 0.866. The number of nitriles is 1. The molecule has 20 heavy (non-hydrogen) atoms. The van der Waals surface area contributed by atoms with E-state index in [1.807, 2.05) is 26.0 Å². The van der Waals surface area contributed by atoms with E-state index in [0.29, 0.717) is 6.42 Å². The maximum absolute atomic E-state index is 9.33. The van der Waals surface area contributed by atoms with Crippen molar-refractivity contribution in [2.75, 3.05) is 6.54 Å². The van der Waals surface area contributed by atoms with Gasteiger partial charge >= 0.3 is 0 Å². The lowest BCUT2D eigenvalue weighted by atomic mass is 9.96. The van der Waals surface area contributed by atoms with Gasteiger partial charge in [-0.05, 0) is 50.9 Å². The zero-order valence-electron chi connectivity index (χ0n) is 13.1. The minimum Gasteiger partial charge on any atom is -0.491 e. The normalized spacial score (nSPS) is 15.2. The lowest BCUT2D eigenvalue weighted by Crippen LogP contribution is -2.44. The van der Waals surface area contributed by atoms with Gasteiger partial charge in [0.2, 0.25) is 0 Å². The Kier molecular flexibility index (Phi) is 6.54. The number of hydrogen-bond acceptors (Lipinski definition) is 3. The van der Waals surface area contributed by atoms with Gasteiger partial charge in [0.05, 0.1) is 12.2 Å². The van der Waals surface area contributed by atoms with Gasteiger partial charge in [-0.3, -0.25) is 5.32 Å². The minimum atomic E-state index is -0.529. The summed E-state index contributed by atoms with van der Waals surface area (Å²) in [6.07, 6.45) is 2.71. The molecule has 0 aromatic heterocycles. The van der Waals surface area contributed by atoms with E-state index in [1.165, 1.54) is 5.56 Å². The van der Waals surface area contributed by atoms with Crippen LogP contribution in [0.4, 0.5) is 0 Å². The average Bonchev–Trinajstić information content (AvgIpc) is 2.46. The Morgan fingerprint density at radius 1 is 1.30 bits per heavy atom. The second-order valence-electron chi connectivity index (χ2n) is 5.50. The summed E-state index contributed by atoms with van der Waals surface area (Å²) in [5, 5.41) is 12.6. The molecule has 0 spiro atoms. The summed E-state index contributed by atoms with van der Waals surface area (Å²) in [4.78, 5) is 0. The molecular formula is C17H26N2O. The van der Waals surface area contributed by atoms with Gasteiger partial charge in [0.1, 0.15) is 11.3 Å². The van der Waals surface area contributed by atoms with Crippen molar-refractivity contribution in [3.63, 3.8) is 0 Å². The third kappa shape index (κ3) is 5.22. The zero-order chi connectivity index (χ0) is 15.0. The average molecular weight is 274 g/mol. The molecule has 0 bridgehead atoms. The van der Waals surface area contributed by atoms with Crippen molar-refractivity contribution in [3.8, 4) is 11.8 Å². The molecule has 3 heteroatoms. The van der Waals surface area contributed by atoms with Crippen molar-refractivity contribution in [1.82, 2.24) is 5.32 Å². The van der Waals surface area contributed by atoms with Crippen LogP contribution < -0.4 is 10.1 Å². The van der Waals surface area contributed by atoms with Crippen LogP contribution in [0.1, 0.15) is 46.1 Å². The van der Waals surface area contributed by atoms with E-state index in [9.17, 15) is 5.26 Å². The van der Waals surface area contributed by atoms with Crippen LogP contribution in [0.25, 0.3) is 0 Å². The van der Waals surface area contributed by atoms with Gasteiger partial charge in [-0.2, -0.15) is 5.26 Å². The second-order valence-corrected chi connectivity index (χ2v) is 5.50. The number of rotatable bonds is 8. The first kappa shape index (κ1) is 16.5. The largest absolute Gasteiger partial charge is 0.491 e. The lowest BCUT2D eigenvalue weighted by Gasteiger charge is -2.27. The molecule has 0 aliphatic rings. The molecule has 0 saturated heterocycles. The maximum atomic E-state index is 9.33. The fourth-order valence-electron chi connectivity index (χ4n) is 2.21. The highest BCUT2D eigenvalue weighted by Gasteiger charge is 2.26. The SMILES string of the molecule is CCCNC(C)(C#N)CC(C)Oc1ccc(CC)cc1. The van der Waals surface area contributed by atoms with Crippen LogP contribution in [0.2, 0.25) is 0 Å². The Hall–Kier alpha value is -1.53. The highest BCUT2D eigenvalue weighted by atomic mass is 16.5. The van der Waals surface area contributed by atoms with Gasteiger partial charge in [0, 0.05) is 6.42 Å². The van der Waals surface area contributed by atoms with Crippen molar-refractivity contribution in [1.29, 1.82) is 5.26 Å². The number of nitrogens with one attached hydrogen (secondary N) is 1. The van der Waals surface area contributed by atoms with Gasteiger partial charge < -0.3 is 4.74 Å². The van der Waals surface area contributed by atoms with Crippen LogP contribution in [0.5, 0.6) is 5.75 Å². The summed E-state index contributed by atoms with van der Waals surface area (Å²) >= 11 is 0. The molecule has 0 aliphatic heterocycles. The van der Waals surface area contributed by atoms with E-state index >= 15 is 0 Å². The first-order valence-electron chi connectivity index (χ1n) is 7.45. The standard InChI is InChI=1S/C17H26N2O/c1-5-11-19-17(4,13-18)12-14(3)20-16-9-7-15(6-2)8-10-16/h7-10,14,19H,5-6,11-12H2,1-4H3. The predicted octanol–water partition coefficient (Wildman–Crippen LogP) is 3.69. The van der Waals surface area contributed by atoms with E-state index in [-0.39, 0.29) is 6.10 Å². The molecule has 3 nitrogen and oxygen atoms in total. The Morgan fingerprint density at radius 3 is 2.45 bits per heavy atom. The molecule has 0 aliphatic carbocycles. The minimum absolute atomic E-state index is 0.00326. The fourth-order valence-corrected chi connectivity index (χ4v) is 2.21. The number of nitrogens with zero attached hydrogens (tertiary/aromatic N) is 1. The fraction of sp³-hybridized carbons (Fsp3) is 0.588. The van der Waals surface area contributed by atoms with Crippen LogP contribution >= 0.6 is 0 Å². The number of aryl methyl sites for hydroxylation is 1. The van der Waals surface area contributed by atoms with Crippen LogP contribution in [0, 0.1) is 11.3 Å². The van der Waals surface area contributed by atoms with E-state index in [2.05, 4.69) is 37.4 Å². The Bertz CT molecular complexity index is 435. The zero-order valence-corrected chi connectivity index (χ0v) is 13.1. The van der Waals surface area contributed by atoms with E-state index in [1.54, 1.807) is 0 Å². The van der Waals surface area contributed by atoms with E-state index in [4.69, 9.17) is 4.74 Å². The molecule has 0 radical (unpaired) electrons. The molecule has 1 aromatic rings. The van der Waals surface area contributed by atoms with Gasteiger partial charge in [0.15, 0.2) is 0 Å². The molecule has 0 amide bonds. The van der Waals surface area contributed by atoms with Crippen LogP contribution in [-0.4, -0.2) is 18.2 Å². The van der Waals surface area contributed by atoms with Crippen molar-refractivity contribution < 1.29 is 4.74 Å². The molecule has 110 valence electrons. The highest BCUT2D eigenvalue weighted by Crippen LogP contribution is 2.19. The third-order valence-electron chi connectivity index (χ3n) is 3.38. The topological polar surface area (TPSA) is 45.0 Å². The second kappa shape index (κ2) is 7.91. The summed E-state index contributed by atoms with van der Waals surface area (Å²) in [5.41, 5.74) is 0.773. The summed E-state index contributed by atoms with van der Waals surface area (Å²) < 4.78 is 5.90. The van der Waals surface area contributed by atoms with Gasteiger partial charge in [-0.1, -0.05) is 26.0 Å². The third-order valence-corrected chi connectivity index (χ3v) is 3.38. The molecule has 0 saturated carbocycles. The quantitative estimate of drug-likeness (QED) is 0.786. The smallest absolute Gasteiger partial charge is 0.119 e. The highest BCUT2D eigenvalue weighted by molar-refractivity contribution is 5.27. The monoisotopic (exact) mass is 274 g/mol. The summed E-state index contributed by atoms with van der Waals surface area (Å²) in [6.45, 7) is 9.03. The van der Waals surface area contributed by atoms with Crippen LogP contribution in [-0.2, 0) is 6.42 Å². The van der Waals surface area contributed by atoms with Crippen molar-refractivity contribution >= 4 is 0 Å². The molecule has 1 aromatic carbocycles. The van der Waals surface area contributed by atoms with Crippen LogP contribution in [0.15, 0.2) is 24.3 Å².